The van der Waals surface area contributed by atoms with Gasteiger partial charge in [-0.2, -0.15) is 0 Å². The van der Waals surface area contributed by atoms with Gasteiger partial charge in [-0.1, -0.05) is 12.1 Å². The second-order valence-corrected chi connectivity index (χ2v) is 7.71. The van der Waals surface area contributed by atoms with E-state index in [1.54, 1.807) is 12.1 Å². The minimum absolute atomic E-state index is 0.394. The van der Waals surface area contributed by atoms with Crippen molar-refractivity contribution in [3.63, 3.8) is 0 Å². The molecule has 4 N–H and O–H groups in total. The van der Waals surface area contributed by atoms with Gasteiger partial charge >= 0.3 is 0 Å². The maximum atomic E-state index is 6.38. The van der Waals surface area contributed by atoms with Crippen molar-refractivity contribution in [2.24, 2.45) is 0 Å². The first-order valence-corrected chi connectivity index (χ1v) is 10.2. The van der Waals surface area contributed by atoms with Crippen molar-refractivity contribution in [2.45, 2.75) is 13.8 Å². The van der Waals surface area contributed by atoms with Crippen LogP contribution in [0.25, 0.3) is 0 Å². The van der Waals surface area contributed by atoms with Gasteiger partial charge in [-0.15, -0.1) is 0 Å². The standard InChI is InChI=1S/C26H22N2O4/c1-15-9-21-25(27)22(10-15)30-18-6-4-8-20(14-18)32-24-12-16(2)11-23(26(24)28)31-19-7-3-5-17(13-19)29-21/h3-14H,27-28H2,1-2H3. The fourth-order valence-electron chi connectivity index (χ4n) is 3.51. The Hall–Kier alpha value is -4.32. The van der Waals surface area contributed by atoms with Gasteiger partial charge in [0, 0.05) is 12.1 Å². The molecule has 0 spiro atoms. The van der Waals surface area contributed by atoms with Crippen molar-refractivity contribution in [2.75, 3.05) is 11.5 Å². The van der Waals surface area contributed by atoms with Crippen LogP contribution in [0.15, 0.2) is 72.8 Å². The predicted octanol–water partition coefficient (Wildman–Crippen LogP) is 6.95. The summed E-state index contributed by atoms with van der Waals surface area (Å²) in [5, 5.41) is 0. The lowest BCUT2D eigenvalue weighted by atomic mass is 10.2. The first-order chi connectivity index (χ1) is 15.4. The number of hydrogen-bond donors (Lipinski definition) is 2. The Balaban J connectivity index is 1.69. The molecule has 160 valence electrons. The molecule has 6 nitrogen and oxygen atoms in total. The molecule has 0 radical (unpaired) electrons. The Bertz CT molecular complexity index is 1150. The summed E-state index contributed by atoms with van der Waals surface area (Å²) in [7, 11) is 0. The van der Waals surface area contributed by atoms with E-state index in [9.17, 15) is 0 Å². The molecule has 0 aliphatic carbocycles. The molecule has 1 heterocycles. The van der Waals surface area contributed by atoms with Gasteiger partial charge in [-0.05, 0) is 73.5 Å². The highest BCUT2D eigenvalue weighted by Gasteiger charge is 2.15. The van der Waals surface area contributed by atoms with Crippen LogP contribution in [-0.4, -0.2) is 0 Å². The van der Waals surface area contributed by atoms with Gasteiger partial charge in [0.15, 0.2) is 23.0 Å². The first-order valence-electron chi connectivity index (χ1n) is 10.2. The van der Waals surface area contributed by atoms with Crippen LogP contribution in [0.2, 0.25) is 0 Å². The molecule has 32 heavy (non-hydrogen) atoms. The van der Waals surface area contributed by atoms with Crippen LogP contribution < -0.4 is 30.4 Å². The number of hydrogen-bond acceptors (Lipinski definition) is 6. The van der Waals surface area contributed by atoms with Crippen LogP contribution in [0.4, 0.5) is 11.4 Å². The second kappa shape index (κ2) is 7.74. The van der Waals surface area contributed by atoms with Gasteiger partial charge in [0.2, 0.25) is 0 Å². The molecule has 0 aromatic heterocycles. The minimum Gasteiger partial charge on any atom is -0.455 e. The second-order valence-electron chi connectivity index (χ2n) is 7.71. The average molecular weight is 426 g/mol. The summed E-state index contributed by atoms with van der Waals surface area (Å²) in [5.74, 6) is 4.26. The maximum Gasteiger partial charge on any atom is 0.154 e. The molecule has 1 aliphatic rings. The predicted molar refractivity (Wildman–Crippen MR) is 124 cm³/mol. The monoisotopic (exact) mass is 426 g/mol. The normalized spacial score (nSPS) is 12.1. The maximum absolute atomic E-state index is 6.38. The number of aryl methyl sites for hydroxylation is 2. The largest absolute Gasteiger partial charge is 0.455 e. The molecule has 6 heteroatoms. The van der Waals surface area contributed by atoms with Crippen molar-refractivity contribution in [1.29, 1.82) is 0 Å². The molecule has 8 bridgehead atoms. The highest BCUT2D eigenvalue weighted by molar-refractivity contribution is 5.68. The summed E-state index contributed by atoms with van der Waals surface area (Å²) in [4.78, 5) is 0. The molecule has 4 aromatic carbocycles. The molecule has 1 aliphatic heterocycles. The number of fused-ring (bicyclic) bond motifs is 8. The zero-order valence-corrected chi connectivity index (χ0v) is 17.7. The third kappa shape index (κ3) is 3.86. The summed E-state index contributed by atoms with van der Waals surface area (Å²) in [6.45, 7) is 3.91. The molecular formula is C26H22N2O4. The van der Waals surface area contributed by atoms with Crippen LogP contribution in [0.5, 0.6) is 46.0 Å². The minimum atomic E-state index is 0.394. The highest BCUT2D eigenvalue weighted by atomic mass is 16.5. The van der Waals surface area contributed by atoms with Crippen LogP contribution in [0.3, 0.4) is 0 Å². The summed E-state index contributed by atoms with van der Waals surface area (Å²) < 4.78 is 24.4. The van der Waals surface area contributed by atoms with E-state index >= 15 is 0 Å². The summed E-state index contributed by atoms with van der Waals surface area (Å²) in [6.07, 6.45) is 0. The number of anilines is 2. The zero-order valence-electron chi connectivity index (χ0n) is 17.7. The van der Waals surface area contributed by atoms with E-state index in [2.05, 4.69) is 0 Å². The smallest absolute Gasteiger partial charge is 0.154 e. The molecule has 0 saturated heterocycles. The van der Waals surface area contributed by atoms with Gasteiger partial charge in [0.25, 0.3) is 0 Å². The molecule has 0 amide bonds. The third-order valence-electron chi connectivity index (χ3n) is 5.02. The lowest BCUT2D eigenvalue weighted by Crippen LogP contribution is -1.99. The van der Waals surface area contributed by atoms with E-state index in [1.165, 1.54) is 0 Å². The summed E-state index contributed by atoms with van der Waals surface area (Å²) in [5.41, 5.74) is 15.4. The zero-order chi connectivity index (χ0) is 22.2. The summed E-state index contributed by atoms with van der Waals surface area (Å²) >= 11 is 0. The first kappa shape index (κ1) is 19.6. The van der Waals surface area contributed by atoms with Crippen molar-refractivity contribution >= 4 is 11.4 Å². The highest BCUT2D eigenvalue weighted by Crippen LogP contribution is 2.42. The number of nitrogens with two attached hydrogens (primary N) is 2. The van der Waals surface area contributed by atoms with E-state index in [4.69, 9.17) is 30.4 Å². The quantitative estimate of drug-likeness (QED) is 0.260. The third-order valence-corrected chi connectivity index (χ3v) is 5.02. The Labute approximate surface area is 185 Å². The van der Waals surface area contributed by atoms with Crippen LogP contribution in [0, 0.1) is 13.8 Å². The lowest BCUT2D eigenvalue weighted by molar-refractivity contribution is 0.443. The number of nitrogen functional groups attached to an aromatic ring is 2. The molecule has 0 fully saturated rings. The summed E-state index contributed by atoms with van der Waals surface area (Å²) in [6, 6.07) is 22.0. The number of ether oxygens (including phenoxy) is 4. The van der Waals surface area contributed by atoms with E-state index < -0.39 is 0 Å². The Kier molecular flexibility index (Phi) is 4.75. The topological polar surface area (TPSA) is 89.0 Å². The van der Waals surface area contributed by atoms with E-state index in [0.717, 1.165) is 11.1 Å². The van der Waals surface area contributed by atoms with E-state index in [1.807, 2.05) is 74.5 Å². The van der Waals surface area contributed by atoms with Crippen LogP contribution in [-0.2, 0) is 0 Å². The molecule has 0 saturated carbocycles. The van der Waals surface area contributed by atoms with E-state index in [-0.39, 0.29) is 0 Å². The Morgan fingerprint density at radius 2 is 0.750 bits per heavy atom. The van der Waals surface area contributed by atoms with Crippen LogP contribution >= 0.6 is 0 Å². The van der Waals surface area contributed by atoms with Gasteiger partial charge < -0.3 is 30.4 Å². The average Bonchev–Trinajstić information content (AvgIpc) is 2.75. The van der Waals surface area contributed by atoms with Crippen molar-refractivity contribution < 1.29 is 18.9 Å². The fraction of sp³-hybridized carbons (Fsp3) is 0.0769. The molecular weight excluding hydrogens is 404 g/mol. The van der Waals surface area contributed by atoms with Crippen molar-refractivity contribution in [3.05, 3.63) is 83.9 Å². The van der Waals surface area contributed by atoms with Crippen molar-refractivity contribution in [1.82, 2.24) is 0 Å². The number of benzene rings is 4. The SMILES string of the molecule is Cc1cc2c(N)c(c1)Oc1cccc(c1)Oc1cc(C)cc(c1N)Oc1cccc(c1)O2. The molecule has 0 unspecified atom stereocenters. The van der Waals surface area contributed by atoms with Crippen LogP contribution in [0.1, 0.15) is 11.1 Å². The van der Waals surface area contributed by atoms with Gasteiger partial charge in [0.1, 0.15) is 34.4 Å². The fourth-order valence-corrected chi connectivity index (χ4v) is 3.51. The van der Waals surface area contributed by atoms with Gasteiger partial charge in [0.05, 0.1) is 0 Å². The Morgan fingerprint density at radius 1 is 0.469 bits per heavy atom. The number of rotatable bonds is 0. The molecule has 0 atom stereocenters. The van der Waals surface area contributed by atoms with Gasteiger partial charge in [-0.25, -0.2) is 0 Å². The van der Waals surface area contributed by atoms with Crippen molar-refractivity contribution in [3.8, 4) is 46.0 Å². The Morgan fingerprint density at radius 3 is 1.03 bits per heavy atom. The molecule has 4 aromatic rings. The molecule has 5 rings (SSSR count). The van der Waals surface area contributed by atoms with E-state index in [0.29, 0.717) is 57.4 Å². The van der Waals surface area contributed by atoms with Gasteiger partial charge in [-0.3, -0.25) is 0 Å². The lowest BCUT2D eigenvalue weighted by Gasteiger charge is -2.18.